The lowest BCUT2D eigenvalue weighted by molar-refractivity contribution is -0.128. The average Bonchev–Trinajstić information content (AvgIpc) is 2.49. The number of carbonyl (C=O) groups excluding carboxylic acids is 2. The Hall–Kier alpha value is -2.07. The summed E-state index contributed by atoms with van der Waals surface area (Å²) >= 11 is 1.45. The Morgan fingerprint density at radius 3 is 2.45 bits per heavy atom. The molecule has 0 aromatic heterocycles. The number of carbonyl (C=O) groups is 2. The third-order valence-corrected chi connectivity index (χ3v) is 4.35. The van der Waals surface area contributed by atoms with E-state index in [-0.39, 0.29) is 24.0 Å². The number of hydrogen-bond donors (Lipinski definition) is 1. The molecule has 0 radical (unpaired) electrons. The van der Waals surface area contributed by atoms with E-state index in [2.05, 4.69) is 11.4 Å². The third kappa shape index (κ3) is 5.04. The molecule has 2 amide bonds. The molecule has 0 atom stereocenters. The molecule has 0 heterocycles. The van der Waals surface area contributed by atoms with E-state index < -0.39 is 0 Å². The highest BCUT2D eigenvalue weighted by molar-refractivity contribution is 8.00. The highest BCUT2D eigenvalue weighted by Crippen LogP contribution is 2.23. The number of aryl methyl sites for hydroxylation is 2. The van der Waals surface area contributed by atoms with Crippen LogP contribution in [0.15, 0.2) is 53.4 Å². The minimum atomic E-state index is -0.266. The first kappa shape index (κ1) is 16.3. The van der Waals surface area contributed by atoms with Gasteiger partial charge in [0.15, 0.2) is 0 Å². The molecule has 22 heavy (non-hydrogen) atoms. The predicted molar refractivity (Wildman–Crippen MR) is 89.9 cm³/mol. The lowest BCUT2D eigenvalue weighted by Crippen LogP contribution is -2.33. The van der Waals surface area contributed by atoms with Crippen LogP contribution >= 0.6 is 11.8 Å². The zero-order chi connectivity index (χ0) is 15.9. The second-order valence-electron chi connectivity index (χ2n) is 5.19. The quantitative estimate of drug-likeness (QED) is 0.862. The zero-order valence-corrected chi connectivity index (χ0v) is 13.6. The predicted octanol–water partition coefficient (Wildman–Crippen LogP) is 3.28. The molecule has 0 saturated heterocycles. The van der Waals surface area contributed by atoms with Crippen molar-refractivity contribution in [1.82, 2.24) is 5.32 Å². The molecule has 0 bridgehead atoms. The van der Waals surface area contributed by atoms with Gasteiger partial charge in [0.2, 0.25) is 11.8 Å². The lowest BCUT2D eigenvalue weighted by Gasteiger charge is -2.07. The largest absolute Gasteiger partial charge is 0.295 e. The van der Waals surface area contributed by atoms with Gasteiger partial charge in [-0.1, -0.05) is 48.0 Å². The highest BCUT2D eigenvalue weighted by Gasteiger charge is 2.10. The van der Waals surface area contributed by atoms with E-state index >= 15 is 0 Å². The van der Waals surface area contributed by atoms with Crippen LogP contribution in [0.4, 0.5) is 0 Å². The first-order chi connectivity index (χ1) is 10.5. The van der Waals surface area contributed by atoms with Gasteiger partial charge in [-0.05, 0) is 31.0 Å². The highest BCUT2D eigenvalue weighted by atomic mass is 32.2. The fourth-order valence-corrected chi connectivity index (χ4v) is 2.95. The summed E-state index contributed by atoms with van der Waals surface area (Å²) in [6.07, 6.45) is 0.223. The van der Waals surface area contributed by atoms with Crippen molar-refractivity contribution < 1.29 is 9.59 Å². The van der Waals surface area contributed by atoms with Crippen LogP contribution in [0.5, 0.6) is 0 Å². The number of benzene rings is 2. The summed E-state index contributed by atoms with van der Waals surface area (Å²) in [7, 11) is 0. The average molecular weight is 313 g/mol. The van der Waals surface area contributed by atoms with Gasteiger partial charge in [0.1, 0.15) is 0 Å². The van der Waals surface area contributed by atoms with Crippen molar-refractivity contribution in [2.45, 2.75) is 25.2 Å². The second-order valence-corrected chi connectivity index (χ2v) is 6.21. The summed E-state index contributed by atoms with van der Waals surface area (Å²) in [6.45, 7) is 4.03. The molecule has 0 unspecified atom stereocenters. The van der Waals surface area contributed by atoms with Gasteiger partial charge in [0.25, 0.3) is 0 Å². The van der Waals surface area contributed by atoms with Gasteiger partial charge in [-0.15, -0.1) is 11.8 Å². The first-order valence-electron chi connectivity index (χ1n) is 7.11. The number of thioether (sulfide) groups is 1. The molecule has 0 saturated carbocycles. The van der Waals surface area contributed by atoms with Gasteiger partial charge >= 0.3 is 0 Å². The third-order valence-electron chi connectivity index (χ3n) is 3.19. The number of imide groups is 1. The Morgan fingerprint density at radius 1 is 1.00 bits per heavy atom. The van der Waals surface area contributed by atoms with Crippen molar-refractivity contribution >= 4 is 23.6 Å². The molecule has 1 N–H and O–H groups in total. The molecule has 0 fully saturated rings. The maximum Gasteiger partial charge on any atom is 0.236 e. The van der Waals surface area contributed by atoms with E-state index in [1.54, 1.807) is 0 Å². The summed E-state index contributed by atoms with van der Waals surface area (Å²) in [5, 5.41) is 2.43. The van der Waals surface area contributed by atoms with Gasteiger partial charge in [-0.3, -0.25) is 14.9 Å². The lowest BCUT2D eigenvalue weighted by atomic mass is 10.1. The zero-order valence-electron chi connectivity index (χ0n) is 12.8. The van der Waals surface area contributed by atoms with Crippen LogP contribution in [0.1, 0.15) is 16.7 Å². The number of rotatable bonds is 5. The Bertz CT molecular complexity index is 668. The van der Waals surface area contributed by atoms with E-state index in [9.17, 15) is 9.59 Å². The smallest absolute Gasteiger partial charge is 0.236 e. The summed E-state index contributed by atoms with van der Waals surface area (Å²) in [6, 6.07) is 15.5. The van der Waals surface area contributed by atoms with Gasteiger partial charge in [0.05, 0.1) is 12.2 Å². The van der Waals surface area contributed by atoms with Gasteiger partial charge in [0, 0.05) is 4.90 Å². The SMILES string of the molecule is Cc1ccc(C)c(SCC(=O)NC(=O)Cc2ccccc2)c1. The fourth-order valence-electron chi connectivity index (χ4n) is 2.02. The maximum absolute atomic E-state index is 11.9. The van der Waals surface area contributed by atoms with Crippen molar-refractivity contribution in [2.24, 2.45) is 0 Å². The van der Waals surface area contributed by atoms with Gasteiger partial charge < -0.3 is 0 Å². The standard InChI is InChI=1S/C18H19NO2S/c1-13-8-9-14(2)16(10-13)22-12-18(21)19-17(20)11-15-6-4-3-5-7-15/h3-10H,11-12H2,1-2H3,(H,19,20,21). The topological polar surface area (TPSA) is 46.2 Å². The van der Waals surface area contributed by atoms with Gasteiger partial charge in [-0.25, -0.2) is 0 Å². The minimum Gasteiger partial charge on any atom is -0.295 e. The van der Waals surface area contributed by atoms with E-state index in [4.69, 9.17) is 0 Å². The number of nitrogens with one attached hydrogen (secondary N) is 1. The second kappa shape index (κ2) is 7.80. The van der Waals surface area contributed by atoms with Crippen LogP contribution in [-0.2, 0) is 16.0 Å². The summed E-state index contributed by atoms with van der Waals surface area (Å²) in [5.74, 6) is -0.283. The van der Waals surface area contributed by atoms with Crippen molar-refractivity contribution in [3.63, 3.8) is 0 Å². The number of hydrogen-bond acceptors (Lipinski definition) is 3. The van der Waals surface area contributed by atoms with Crippen molar-refractivity contribution in [3.8, 4) is 0 Å². The molecule has 2 aromatic carbocycles. The summed E-state index contributed by atoms with van der Waals surface area (Å²) in [4.78, 5) is 24.7. The van der Waals surface area contributed by atoms with Crippen molar-refractivity contribution in [1.29, 1.82) is 0 Å². The molecular weight excluding hydrogens is 294 g/mol. The van der Waals surface area contributed by atoms with Crippen LogP contribution in [0.3, 0.4) is 0 Å². The normalized spacial score (nSPS) is 10.3. The van der Waals surface area contributed by atoms with Crippen LogP contribution < -0.4 is 5.32 Å². The molecular formula is C18H19NO2S. The van der Waals surface area contributed by atoms with Crippen LogP contribution in [0.25, 0.3) is 0 Å². The first-order valence-corrected chi connectivity index (χ1v) is 8.10. The maximum atomic E-state index is 11.9. The molecule has 0 aliphatic rings. The molecule has 4 heteroatoms. The Morgan fingerprint density at radius 2 is 1.73 bits per heavy atom. The van der Waals surface area contributed by atoms with E-state index in [0.717, 1.165) is 21.6 Å². The van der Waals surface area contributed by atoms with Gasteiger partial charge in [-0.2, -0.15) is 0 Å². The molecule has 0 spiro atoms. The number of amides is 2. The van der Waals surface area contributed by atoms with E-state index in [1.165, 1.54) is 11.8 Å². The fraction of sp³-hybridized carbons (Fsp3) is 0.222. The Balaban J connectivity index is 1.83. The molecule has 0 aliphatic carbocycles. The summed E-state index contributed by atoms with van der Waals surface area (Å²) in [5.41, 5.74) is 3.20. The molecule has 2 rings (SSSR count). The van der Waals surface area contributed by atoms with Crippen LogP contribution in [0, 0.1) is 13.8 Å². The molecule has 114 valence electrons. The minimum absolute atomic E-state index is 0.223. The molecule has 3 nitrogen and oxygen atoms in total. The Labute approximate surface area is 135 Å². The molecule has 0 aliphatic heterocycles. The van der Waals surface area contributed by atoms with Crippen molar-refractivity contribution in [3.05, 3.63) is 65.2 Å². The van der Waals surface area contributed by atoms with E-state index in [1.807, 2.05) is 56.3 Å². The van der Waals surface area contributed by atoms with E-state index in [0.29, 0.717) is 0 Å². The summed E-state index contributed by atoms with van der Waals surface area (Å²) < 4.78 is 0. The van der Waals surface area contributed by atoms with Crippen LogP contribution in [0.2, 0.25) is 0 Å². The Kier molecular flexibility index (Phi) is 5.78. The monoisotopic (exact) mass is 313 g/mol. The van der Waals surface area contributed by atoms with Crippen molar-refractivity contribution in [2.75, 3.05) is 5.75 Å². The molecule has 2 aromatic rings. The van der Waals surface area contributed by atoms with Crippen LogP contribution in [-0.4, -0.2) is 17.6 Å².